The van der Waals surface area contributed by atoms with Gasteiger partial charge in [-0.15, -0.1) is 5.10 Å². The van der Waals surface area contributed by atoms with Crippen LogP contribution in [0.5, 0.6) is 0 Å². The van der Waals surface area contributed by atoms with Crippen LogP contribution < -0.4 is 0 Å². The lowest BCUT2D eigenvalue weighted by atomic mass is 10.0. The van der Waals surface area contributed by atoms with Crippen LogP contribution in [-0.4, -0.2) is 33.8 Å². The van der Waals surface area contributed by atoms with Crippen molar-refractivity contribution in [3.8, 4) is 0 Å². The van der Waals surface area contributed by atoms with E-state index in [0.717, 1.165) is 18.4 Å². The van der Waals surface area contributed by atoms with Crippen LogP contribution in [-0.2, 0) is 23.6 Å². The SMILES string of the molecule is CC(C)c1ccc(CN(C2CC2)S(=O)(=O)c2cnnn2C)cc1. The highest BCUT2D eigenvalue weighted by Crippen LogP contribution is 2.33. The molecule has 0 aliphatic heterocycles. The molecule has 124 valence electrons. The largest absolute Gasteiger partial charge is 0.262 e. The Balaban J connectivity index is 1.87. The van der Waals surface area contributed by atoms with Crippen molar-refractivity contribution >= 4 is 10.0 Å². The van der Waals surface area contributed by atoms with Gasteiger partial charge in [0.25, 0.3) is 10.0 Å². The zero-order chi connectivity index (χ0) is 16.6. The quantitative estimate of drug-likeness (QED) is 0.813. The van der Waals surface area contributed by atoms with Gasteiger partial charge in [0, 0.05) is 19.6 Å². The minimum atomic E-state index is -3.58. The number of hydrogen-bond acceptors (Lipinski definition) is 4. The standard InChI is InChI=1S/C16H22N4O2S/c1-12(2)14-6-4-13(5-7-14)11-20(15-8-9-15)23(21,22)16-10-17-18-19(16)3/h4-7,10,12,15H,8-9,11H2,1-3H3. The molecule has 0 bridgehead atoms. The van der Waals surface area contributed by atoms with Gasteiger partial charge in [0.2, 0.25) is 0 Å². The highest BCUT2D eigenvalue weighted by Gasteiger charge is 2.39. The fourth-order valence-electron chi connectivity index (χ4n) is 2.59. The number of sulfonamides is 1. The third-order valence-electron chi connectivity index (χ3n) is 4.18. The predicted molar refractivity (Wildman–Crippen MR) is 87.3 cm³/mol. The molecule has 7 heteroatoms. The van der Waals surface area contributed by atoms with Crippen LogP contribution in [0.3, 0.4) is 0 Å². The molecule has 2 aromatic rings. The topological polar surface area (TPSA) is 68.1 Å². The molecule has 23 heavy (non-hydrogen) atoms. The Morgan fingerprint density at radius 3 is 2.39 bits per heavy atom. The number of benzene rings is 1. The third kappa shape index (κ3) is 3.30. The summed E-state index contributed by atoms with van der Waals surface area (Å²) in [6.07, 6.45) is 3.13. The molecule has 1 aliphatic rings. The Bertz CT molecular complexity index is 777. The van der Waals surface area contributed by atoms with Crippen molar-refractivity contribution in [3.05, 3.63) is 41.6 Å². The Morgan fingerprint density at radius 1 is 1.26 bits per heavy atom. The average Bonchev–Trinajstić information content (AvgIpc) is 3.25. The van der Waals surface area contributed by atoms with Gasteiger partial charge in [-0.25, -0.2) is 13.1 Å². The fourth-order valence-corrected chi connectivity index (χ4v) is 4.31. The van der Waals surface area contributed by atoms with Crippen molar-refractivity contribution in [3.63, 3.8) is 0 Å². The van der Waals surface area contributed by atoms with Gasteiger partial charge in [-0.1, -0.05) is 43.3 Å². The minimum absolute atomic E-state index is 0.0830. The summed E-state index contributed by atoms with van der Waals surface area (Å²) in [7, 11) is -1.98. The zero-order valence-electron chi connectivity index (χ0n) is 13.7. The highest BCUT2D eigenvalue weighted by molar-refractivity contribution is 7.89. The molecule has 0 radical (unpaired) electrons. The predicted octanol–water partition coefficient (Wildman–Crippen LogP) is 2.29. The Labute approximate surface area is 137 Å². The Kier molecular flexibility index (Phi) is 4.25. The first-order valence-corrected chi connectivity index (χ1v) is 9.29. The molecule has 1 heterocycles. The molecule has 1 aliphatic carbocycles. The van der Waals surface area contributed by atoms with E-state index in [-0.39, 0.29) is 11.1 Å². The molecule has 0 unspecified atom stereocenters. The first kappa shape index (κ1) is 16.1. The van der Waals surface area contributed by atoms with Gasteiger partial charge in [0.15, 0.2) is 5.03 Å². The van der Waals surface area contributed by atoms with E-state index >= 15 is 0 Å². The molecule has 1 fully saturated rings. The smallest absolute Gasteiger partial charge is 0.236 e. The maximum Gasteiger partial charge on any atom is 0.262 e. The first-order valence-electron chi connectivity index (χ1n) is 7.85. The van der Waals surface area contributed by atoms with E-state index in [2.05, 4.69) is 36.3 Å². The van der Waals surface area contributed by atoms with Crippen LogP contribution >= 0.6 is 0 Å². The molecule has 0 spiro atoms. The van der Waals surface area contributed by atoms with E-state index in [0.29, 0.717) is 12.5 Å². The summed E-state index contributed by atoms with van der Waals surface area (Å²) in [6.45, 7) is 4.67. The van der Waals surface area contributed by atoms with E-state index in [1.54, 1.807) is 11.4 Å². The Hall–Kier alpha value is -1.73. The van der Waals surface area contributed by atoms with Gasteiger partial charge < -0.3 is 0 Å². The van der Waals surface area contributed by atoms with Crippen LogP contribution in [0.4, 0.5) is 0 Å². The molecule has 6 nitrogen and oxygen atoms in total. The van der Waals surface area contributed by atoms with Crippen molar-refractivity contribution in [2.24, 2.45) is 7.05 Å². The minimum Gasteiger partial charge on any atom is -0.236 e. The van der Waals surface area contributed by atoms with Crippen LogP contribution in [0.25, 0.3) is 0 Å². The normalized spacial score (nSPS) is 15.5. The molecule has 0 atom stereocenters. The lowest BCUT2D eigenvalue weighted by Gasteiger charge is -2.21. The molecule has 0 amide bonds. The maximum atomic E-state index is 12.9. The number of nitrogens with zero attached hydrogens (tertiary/aromatic N) is 4. The molecular formula is C16H22N4O2S. The fraction of sp³-hybridized carbons (Fsp3) is 0.500. The maximum absolute atomic E-state index is 12.9. The van der Waals surface area contributed by atoms with Gasteiger partial charge in [-0.3, -0.25) is 0 Å². The summed E-state index contributed by atoms with van der Waals surface area (Å²) < 4.78 is 28.7. The van der Waals surface area contributed by atoms with Crippen molar-refractivity contribution in [1.29, 1.82) is 0 Å². The monoisotopic (exact) mass is 334 g/mol. The molecule has 0 N–H and O–H groups in total. The number of hydrogen-bond donors (Lipinski definition) is 0. The molecular weight excluding hydrogens is 312 g/mol. The summed E-state index contributed by atoms with van der Waals surface area (Å²) in [4.78, 5) is 0. The average molecular weight is 334 g/mol. The second-order valence-corrected chi connectivity index (χ2v) is 8.21. The molecule has 0 saturated heterocycles. The summed E-state index contributed by atoms with van der Waals surface area (Å²) in [5.74, 6) is 0.466. The van der Waals surface area contributed by atoms with Crippen LogP contribution in [0.2, 0.25) is 0 Å². The summed E-state index contributed by atoms with van der Waals surface area (Å²) in [5, 5.41) is 7.58. The van der Waals surface area contributed by atoms with E-state index in [1.807, 2.05) is 12.1 Å². The lowest BCUT2D eigenvalue weighted by Crippen LogP contribution is -2.33. The number of aromatic nitrogens is 3. The van der Waals surface area contributed by atoms with Crippen LogP contribution in [0.1, 0.15) is 43.7 Å². The van der Waals surface area contributed by atoms with Crippen molar-refractivity contribution in [2.75, 3.05) is 0 Å². The van der Waals surface area contributed by atoms with E-state index in [9.17, 15) is 8.42 Å². The van der Waals surface area contributed by atoms with Crippen LogP contribution in [0.15, 0.2) is 35.5 Å². The number of rotatable bonds is 6. The van der Waals surface area contributed by atoms with Crippen molar-refractivity contribution in [1.82, 2.24) is 19.3 Å². The molecule has 1 aromatic heterocycles. The molecule has 3 rings (SSSR count). The van der Waals surface area contributed by atoms with Gasteiger partial charge in [0.1, 0.15) is 0 Å². The van der Waals surface area contributed by atoms with Gasteiger partial charge >= 0.3 is 0 Å². The number of aryl methyl sites for hydroxylation is 1. The zero-order valence-corrected chi connectivity index (χ0v) is 14.5. The summed E-state index contributed by atoms with van der Waals surface area (Å²) >= 11 is 0. The van der Waals surface area contributed by atoms with E-state index < -0.39 is 10.0 Å². The van der Waals surface area contributed by atoms with Gasteiger partial charge in [0.05, 0.1) is 6.20 Å². The third-order valence-corrected chi connectivity index (χ3v) is 6.13. The van der Waals surface area contributed by atoms with Gasteiger partial charge in [-0.2, -0.15) is 4.31 Å². The van der Waals surface area contributed by atoms with Gasteiger partial charge in [-0.05, 0) is 29.9 Å². The van der Waals surface area contributed by atoms with E-state index in [1.165, 1.54) is 16.4 Å². The Morgan fingerprint density at radius 2 is 1.91 bits per heavy atom. The van der Waals surface area contributed by atoms with E-state index in [4.69, 9.17) is 0 Å². The second-order valence-electron chi connectivity index (χ2n) is 6.37. The molecule has 1 saturated carbocycles. The summed E-state index contributed by atoms with van der Waals surface area (Å²) in [5.41, 5.74) is 2.26. The summed E-state index contributed by atoms with van der Waals surface area (Å²) in [6, 6.07) is 8.26. The second kappa shape index (κ2) is 6.05. The lowest BCUT2D eigenvalue weighted by molar-refractivity contribution is 0.393. The first-order chi connectivity index (χ1) is 10.9. The molecule has 1 aromatic carbocycles. The van der Waals surface area contributed by atoms with Crippen LogP contribution in [0, 0.1) is 0 Å². The highest BCUT2D eigenvalue weighted by atomic mass is 32.2. The van der Waals surface area contributed by atoms with Crippen molar-refractivity contribution in [2.45, 2.75) is 50.2 Å². The van der Waals surface area contributed by atoms with Crippen molar-refractivity contribution < 1.29 is 8.42 Å².